The van der Waals surface area contributed by atoms with Crippen LogP contribution in [-0.2, 0) is 19.0 Å². The first kappa shape index (κ1) is 27.3. The number of carbonyl (C=O) groups excluding carboxylic acids is 1. The monoisotopic (exact) mass is 526 g/mol. The minimum Gasteiger partial charge on any atom is -0.462 e. The first-order valence-electron chi connectivity index (χ1n) is 15.8. The summed E-state index contributed by atoms with van der Waals surface area (Å²) in [6, 6.07) is 0. The predicted octanol–water partition coefficient (Wildman–Crippen LogP) is 8.24. The lowest BCUT2D eigenvalue weighted by Gasteiger charge is -2.70. The maximum atomic E-state index is 11.9. The average molecular weight is 527 g/mol. The Labute approximate surface area is 232 Å². The van der Waals surface area contributed by atoms with Crippen LogP contribution >= 0.6 is 0 Å². The van der Waals surface area contributed by atoms with Gasteiger partial charge in [0, 0.05) is 17.8 Å². The van der Waals surface area contributed by atoms with Gasteiger partial charge < -0.3 is 14.2 Å². The molecule has 4 heteroatoms. The van der Waals surface area contributed by atoms with Crippen LogP contribution in [0.2, 0.25) is 0 Å². The molecule has 1 aliphatic heterocycles. The van der Waals surface area contributed by atoms with Gasteiger partial charge in [0.05, 0.1) is 13.2 Å². The van der Waals surface area contributed by atoms with E-state index in [1.54, 1.807) is 6.92 Å². The van der Waals surface area contributed by atoms with Crippen molar-refractivity contribution in [1.82, 2.24) is 0 Å². The predicted molar refractivity (Wildman–Crippen MR) is 150 cm³/mol. The van der Waals surface area contributed by atoms with E-state index in [2.05, 4.69) is 48.5 Å². The van der Waals surface area contributed by atoms with Gasteiger partial charge in [0.1, 0.15) is 6.10 Å². The van der Waals surface area contributed by atoms with Crippen LogP contribution in [0.4, 0.5) is 0 Å². The van der Waals surface area contributed by atoms with E-state index in [0.29, 0.717) is 22.7 Å². The molecule has 1 saturated heterocycles. The van der Waals surface area contributed by atoms with Gasteiger partial charge >= 0.3 is 5.97 Å². The number of fused-ring (bicyclic) bond motifs is 6. The second kappa shape index (κ2) is 8.57. The molecule has 1 heterocycles. The van der Waals surface area contributed by atoms with E-state index in [1.165, 1.54) is 57.8 Å². The van der Waals surface area contributed by atoms with Gasteiger partial charge in [-0.2, -0.15) is 0 Å². The molecule has 0 bridgehead atoms. The highest BCUT2D eigenvalue weighted by molar-refractivity contribution is 5.66. The summed E-state index contributed by atoms with van der Waals surface area (Å²) in [5.41, 5.74) is 5.02. The molecular weight excluding hydrogens is 472 g/mol. The molecule has 0 aromatic rings. The van der Waals surface area contributed by atoms with Crippen LogP contribution in [0.3, 0.4) is 0 Å². The molecule has 0 spiro atoms. The van der Waals surface area contributed by atoms with Gasteiger partial charge in [-0.05, 0) is 104 Å². The van der Waals surface area contributed by atoms with Gasteiger partial charge in [-0.25, -0.2) is 0 Å². The fraction of sp³-hybridized carbons (Fsp3) is 0.912. The minimum atomic E-state index is -0.124. The fourth-order valence-electron chi connectivity index (χ4n) is 11.7. The summed E-state index contributed by atoms with van der Waals surface area (Å²) < 4.78 is 18.2. The number of esters is 1. The smallest absolute Gasteiger partial charge is 0.302 e. The Morgan fingerprint density at radius 3 is 2.11 bits per heavy atom. The number of allylic oxidation sites excluding steroid dienone is 2. The first-order chi connectivity index (χ1) is 17.7. The number of carbonyl (C=O) groups is 1. The molecule has 0 radical (unpaired) electrons. The molecule has 0 aromatic carbocycles. The van der Waals surface area contributed by atoms with Gasteiger partial charge in [-0.15, -0.1) is 0 Å². The molecule has 5 aliphatic carbocycles. The van der Waals surface area contributed by atoms with E-state index in [4.69, 9.17) is 14.2 Å². The average Bonchev–Trinajstić information content (AvgIpc) is 3.39. The quantitative estimate of drug-likeness (QED) is 0.268. The molecule has 4 fully saturated rings. The Morgan fingerprint density at radius 2 is 1.42 bits per heavy atom. The molecule has 3 saturated carbocycles. The largest absolute Gasteiger partial charge is 0.462 e. The van der Waals surface area contributed by atoms with Crippen molar-refractivity contribution in [3.63, 3.8) is 0 Å². The lowest BCUT2D eigenvalue weighted by Crippen LogP contribution is -2.62. The summed E-state index contributed by atoms with van der Waals surface area (Å²) in [6.07, 6.45) is 13.6. The van der Waals surface area contributed by atoms with Crippen molar-refractivity contribution >= 4 is 5.97 Å². The molecule has 214 valence electrons. The third-order valence-electron chi connectivity index (χ3n) is 14.2. The molecule has 6 rings (SSSR count). The Kier molecular flexibility index (Phi) is 6.16. The SMILES string of the molecule is CC(=O)O[C@H]1CC[C@]2(C)C3=C(CCC2C1(C)C)[C@@]1(C)CC[C@@]2(C)CC[C@@](C)(C4OCCO4)C[C@H]2[C@]1(C)CC3. The van der Waals surface area contributed by atoms with E-state index in [1.807, 2.05) is 11.1 Å². The third kappa shape index (κ3) is 3.57. The van der Waals surface area contributed by atoms with E-state index < -0.39 is 0 Å². The summed E-state index contributed by atoms with van der Waals surface area (Å²) in [6.45, 7) is 20.9. The summed E-state index contributed by atoms with van der Waals surface area (Å²) in [5.74, 6) is 1.15. The maximum absolute atomic E-state index is 11.9. The Balaban J connectivity index is 1.36. The Hall–Kier alpha value is -0.870. The second-order valence-electron chi connectivity index (χ2n) is 16.3. The molecular formula is C34H54O4. The Bertz CT molecular complexity index is 1020. The van der Waals surface area contributed by atoms with Gasteiger partial charge in [0.15, 0.2) is 6.29 Å². The minimum absolute atomic E-state index is 0.0104. The zero-order valence-corrected chi connectivity index (χ0v) is 25.6. The number of rotatable bonds is 2. The summed E-state index contributed by atoms with van der Waals surface area (Å²) in [4.78, 5) is 11.9. The summed E-state index contributed by atoms with van der Waals surface area (Å²) >= 11 is 0. The van der Waals surface area contributed by atoms with E-state index in [-0.39, 0.29) is 40.0 Å². The van der Waals surface area contributed by atoms with Gasteiger partial charge in [0.2, 0.25) is 0 Å². The number of ether oxygens (including phenoxy) is 3. The van der Waals surface area contributed by atoms with Crippen LogP contribution in [0.15, 0.2) is 11.1 Å². The standard InChI is InChI=1S/C34H54O4/c1-22(35)38-27-12-13-32(6)23-11-14-34(8)26-21-31(5,28-36-19-20-37-28)16-15-30(26,4)17-18-33(34,7)24(23)9-10-25(32)29(27,2)3/h25-28H,9-21H2,1-8H3/t25?,26-,27+,30-,31-,32-,33-,34+/m1/s1. The highest BCUT2D eigenvalue weighted by atomic mass is 16.7. The van der Waals surface area contributed by atoms with Crippen molar-refractivity contribution in [2.24, 2.45) is 44.3 Å². The molecule has 0 aromatic heterocycles. The highest BCUT2D eigenvalue weighted by Crippen LogP contribution is 2.75. The fourth-order valence-corrected chi connectivity index (χ4v) is 11.7. The van der Waals surface area contributed by atoms with Crippen LogP contribution in [0, 0.1) is 44.3 Å². The van der Waals surface area contributed by atoms with Crippen molar-refractivity contribution in [1.29, 1.82) is 0 Å². The van der Waals surface area contributed by atoms with Crippen molar-refractivity contribution in [2.75, 3.05) is 13.2 Å². The van der Waals surface area contributed by atoms with Gasteiger partial charge in [-0.1, -0.05) is 59.6 Å². The number of hydrogen-bond donors (Lipinski definition) is 0. The highest BCUT2D eigenvalue weighted by Gasteiger charge is 2.67. The van der Waals surface area contributed by atoms with E-state index >= 15 is 0 Å². The molecule has 0 amide bonds. The van der Waals surface area contributed by atoms with Crippen LogP contribution in [0.25, 0.3) is 0 Å². The van der Waals surface area contributed by atoms with Crippen LogP contribution in [0.1, 0.15) is 126 Å². The molecule has 38 heavy (non-hydrogen) atoms. The normalized spacial score (nSPS) is 50.5. The first-order valence-corrected chi connectivity index (χ1v) is 15.8. The van der Waals surface area contributed by atoms with E-state index in [0.717, 1.165) is 26.1 Å². The van der Waals surface area contributed by atoms with Crippen LogP contribution < -0.4 is 0 Å². The molecule has 0 N–H and O–H groups in total. The summed E-state index contributed by atoms with van der Waals surface area (Å²) in [7, 11) is 0. The maximum Gasteiger partial charge on any atom is 0.302 e. The third-order valence-corrected chi connectivity index (χ3v) is 14.2. The number of hydrogen-bond acceptors (Lipinski definition) is 4. The molecule has 1 unspecified atom stereocenters. The Morgan fingerprint density at radius 1 is 0.763 bits per heavy atom. The van der Waals surface area contributed by atoms with Crippen molar-refractivity contribution in [3.05, 3.63) is 11.1 Å². The van der Waals surface area contributed by atoms with E-state index in [9.17, 15) is 4.79 Å². The van der Waals surface area contributed by atoms with Crippen LogP contribution in [0.5, 0.6) is 0 Å². The van der Waals surface area contributed by atoms with Crippen molar-refractivity contribution in [2.45, 2.75) is 138 Å². The van der Waals surface area contributed by atoms with Gasteiger partial charge in [0.25, 0.3) is 0 Å². The topological polar surface area (TPSA) is 44.8 Å². The van der Waals surface area contributed by atoms with Gasteiger partial charge in [-0.3, -0.25) is 4.79 Å². The second-order valence-corrected chi connectivity index (χ2v) is 16.3. The zero-order valence-electron chi connectivity index (χ0n) is 25.6. The summed E-state index contributed by atoms with van der Waals surface area (Å²) in [5, 5.41) is 0. The zero-order chi connectivity index (χ0) is 27.4. The van der Waals surface area contributed by atoms with Crippen LogP contribution in [-0.4, -0.2) is 31.6 Å². The van der Waals surface area contributed by atoms with Crippen molar-refractivity contribution in [3.8, 4) is 0 Å². The lowest BCUT2D eigenvalue weighted by molar-refractivity contribution is -0.204. The van der Waals surface area contributed by atoms with Crippen molar-refractivity contribution < 1.29 is 19.0 Å². The molecule has 4 nitrogen and oxygen atoms in total. The lowest BCUT2D eigenvalue weighted by atomic mass is 9.35. The molecule has 6 aliphatic rings. The molecule has 8 atom stereocenters.